The highest BCUT2D eigenvalue weighted by atomic mass is 32.1. The number of rotatable bonds is 6. The van der Waals surface area contributed by atoms with E-state index in [1.165, 1.54) is 16.9 Å². The fourth-order valence-electron chi connectivity index (χ4n) is 2.65. The predicted octanol–water partition coefficient (Wildman–Crippen LogP) is 4.77. The van der Waals surface area contributed by atoms with Gasteiger partial charge in [0.25, 0.3) is 5.91 Å². The van der Waals surface area contributed by atoms with Crippen molar-refractivity contribution in [3.63, 3.8) is 0 Å². The van der Waals surface area contributed by atoms with Crippen LogP contribution in [0.15, 0.2) is 46.9 Å². The summed E-state index contributed by atoms with van der Waals surface area (Å²) in [4.78, 5) is 17.7. The molecule has 130 valence electrons. The van der Waals surface area contributed by atoms with Crippen molar-refractivity contribution in [3.05, 3.63) is 64.4 Å². The molecule has 1 amide bonds. The zero-order chi connectivity index (χ0) is 17.8. The van der Waals surface area contributed by atoms with Gasteiger partial charge in [-0.2, -0.15) is 0 Å². The maximum atomic E-state index is 12.6. The van der Waals surface area contributed by atoms with Crippen LogP contribution in [0.1, 0.15) is 40.0 Å². The SMILES string of the molecule is Cc1ccc(-c2nc(C)c(C(=O)NC(C)CCc3ccccc3)s2)o1. The number of nitrogens with zero attached hydrogens (tertiary/aromatic N) is 1. The van der Waals surface area contributed by atoms with Crippen molar-refractivity contribution in [2.75, 3.05) is 0 Å². The molecule has 1 aromatic carbocycles. The molecule has 0 saturated heterocycles. The summed E-state index contributed by atoms with van der Waals surface area (Å²) in [6, 6.07) is 14.2. The fraction of sp³-hybridized carbons (Fsp3) is 0.300. The topological polar surface area (TPSA) is 55.1 Å². The molecular weight excluding hydrogens is 332 g/mol. The third kappa shape index (κ3) is 4.37. The third-order valence-corrected chi connectivity index (χ3v) is 5.21. The van der Waals surface area contributed by atoms with Gasteiger partial charge in [-0.05, 0) is 51.3 Å². The Morgan fingerprint density at radius 1 is 1.20 bits per heavy atom. The van der Waals surface area contributed by atoms with E-state index in [0.29, 0.717) is 10.6 Å². The summed E-state index contributed by atoms with van der Waals surface area (Å²) in [7, 11) is 0. The number of nitrogens with one attached hydrogen (secondary N) is 1. The van der Waals surface area contributed by atoms with Crippen molar-refractivity contribution in [1.82, 2.24) is 10.3 Å². The highest BCUT2D eigenvalue weighted by molar-refractivity contribution is 7.17. The molecule has 2 heterocycles. The molecule has 3 aromatic rings. The lowest BCUT2D eigenvalue weighted by Crippen LogP contribution is -2.32. The number of hydrogen-bond donors (Lipinski definition) is 1. The van der Waals surface area contributed by atoms with Gasteiger partial charge in [0, 0.05) is 6.04 Å². The predicted molar refractivity (Wildman–Crippen MR) is 101 cm³/mol. The summed E-state index contributed by atoms with van der Waals surface area (Å²) < 4.78 is 5.60. The quantitative estimate of drug-likeness (QED) is 0.693. The Morgan fingerprint density at radius 2 is 1.96 bits per heavy atom. The van der Waals surface area contributed by atoms with E-state index in [1.54, 1.807) is 0 Å². The first-order valence-electron chi connectivity index (χ1n) is 8.42. The van der Waals surface area contributed by atoms with Crippen LogP contribution in [-0.4, -0.2) is 16.9 Å². The Hall–Kier alpha value is -2.40. The molecule has 1 atom stereocenters. The summed E-state index contributed by atoms with van der Waals surface area (Å²) in [5, 5.41) is 3.82. The van der Waals surface area contributed by atoms with Crippen LogP contribution in [0.3, 0.4) is 0 Å². The van der Waals surface area contributed by atoms with Crippen LogP contribution in [0.2, 0.25) is 0 Å². The average Bonchev–Trinajstić information content (AvgIpc) is 3.19. The number of amides is 1. The molecule has 1 unspecified atom stereocenters. The van der Waals surface area contributed by atoms with Crippen molar-refractivity contribution in [1.29, 1.82) is 0 Å². The number of benzene rings is 1. The maximum absolute atomic E-state index is 12.6. The van der Waals surface area contributed by atoms with Gasteiger partial charge < -0.3 is 9.73 Å². The van der Waals surface area contributed by atoms with E-state index in [0.717, 1.165) is 29.3 Å². The van der Waals surface area contributed by atoms with Gasteiger partial charge in [0.05, 0.1) is 5.69 Å². The number of thiazole rings is 1. The van der Waals surface area contributed by atoms with E-state index in [-0.39, 0.29) is 11.9 Å². The van der Waals surface area contributed by atoms with E-state index >= 15 is 0 Å². The molecule has 25 heavy (non-hydrogen) atoms. The number of hydrogen-bond acceptors (Lipinski definition) is 4. The van der Waals surface area contributed by atoms with E-state index in [1.807, 2.05) is 51.1 Å². The summed E-state index contributed by atoms with van der Waals surface area (Å²) in [5.74, 6) is 1.48. The smallest absolute Gasteiger partial charge is 0.263 e. The highest BCUT2D eigenvalue weighted by Gasteiger charge is 2.19. The monoisotopic (exact) mass is 354 g/mol. The van der Waals surface area contributed by atoms with Gasteiger partial charge in [-0.1, -0.05) is 30.3 Å². The first-order valence-corrected chi connectivity index (χ1v) is 9.23. The van der Waals surface area contributed by atoms with Crippen LogP contribution in [0.25, 0.3) is 10.8 Å². The van der Waals surface area contributed by atoms with Crippen molar-refractivity contribution < 1.29 is 9.21 Å². The zero-order valence-corrected chi connectivity index (χ0v) is 15.5. The molecule has 0 spiro atoms. The van der Waals surface area contributed by atoms with E-state index < -0.39 is 0 Å². The molecule has 5 heteroatoms. The molecule has 4 nitrogen and oxygen atoms in total. The minimum atomic E-state index is -0.0647. The second kappa shape index (κ2) is 7.66. The van der Waals surface area contributed by atoms with Gasteiger partial charge in [0.2, 0.25) is 0 Å². The number of furan rings is 1. The van der Waals surface area contributed by atoms with Crippen molar-refractivity contribution >= 4 is 17.2 Å². The van der Waals surface area contributed by atoms with Crippen LogP contribution in [0.5, 0.6) is 0 Å². The largest absolute Gasteiger partial charge is 0.459 e. The Morgan fingerprint density at radius 3 is 2.64 bits per heavy atom. The number of carbonyl (C=O) groups is 1. The first-order chi connectivity index (χ1) is 12.0. The second-order valence-electron chi connectivity index (χ2n) is 6.24. The van der Waals surface area contributed by atoms with Gasteiger partial charge in [0.1, 0.15) is 10.6 Å². The summed E-state index contributed by atoms with van der Waals surface area (Å²) in [6.07, 6.45) is 1.85. The summed E-state index contributed by atoms with van der Waals surface area (Å²) in [5.41, 5.74) is 2.02. The average molecular weight is 354 g/mol. The molecule has 2 aromatic heterocycles. The Kier molecular flexibility index (Phi) is 5.34. The number of aryl methyl sites for hydroxylation is 3. The van der Waals surface area contributed by atoms with Gasteiger partial charge >= 0.3 is 0 Å². The van der Waals surface area contributed by atoms with Crippen LogP contribution in [0.4, 0.5) is 0 Å². The Labute approximate surface area is 151 Å². The lowest BCUT2D eigenvalue weighted by atomic mass is 10.1. The van der Waals surface area contributed by atoms with Crippen LogP contribution < -0.4 is 5.32 Å². The molecule has 0 fully saturated rings. The Bertz CT molecular complexity index is 852. The maximum Gasteiger partial charge on any atom is 0.263 e. The van der Waals surface area contributed by atoms with Crippen LogP contribution >= 0.6 is 11.3 Å². The van der Waals surface area contributed by atoms with Gasteiger partial charge in [-0.15, -0.1) is 11.3 Å². The third-order valence-electron chi connectivity index (χ3n) is 4.04. The van der Waals surface area contributed by atoms with Crippen molar-refractivity contribution in [2.45, 2.75) is 39.7 Å². The van der Waals surface area contributed by atoms with Gasteiger partial charge in [-0.3, -0.25) is 4.79 Å². The van der Waals surface area contributed by atoms with Gasteiger partial charge in [-0.25, -0.2) is 4.98 Å². The van der Waals surface area contributed by atoms with Crippen molar-refractivity contribution in [3.8, 4) is 10.8 Å². The minimum absolute atomic E-state index is 0.0647. The highest BCUT2D eigenvalue weighted by Crippen LogP contribution is 2.29. The molecular formula is C20H22N2O2S. The second-order valence-corrected chi connectivity index (χ2v) is 7.24. The normalized spacial score (nSPS) is 12.1. The lowest BCUT2D eigenvalue weighted by Gasteiger charge is -2.13. The minimum Gasteiger partial charge on any atom is -0.459 e. The summed E-state index contributed by atoms with van der Waals surface area (Å²) in [6.45, 7) is 5.79. The van der Waals surface area contributed by atoms with Crippen molar-refractivity contribution in [2.24, 2.45) is 0 Å². The molecule has 3 rings (SSSR count). The van der Waals surface area contributed by atoms with E-state index in [2.05, 4.69) is 22.4 Å². The zero-order valence-electron chi connectivity index (χ0n) is 14.7. The van der Waals surface area contributed by atoms with E-state index in [4.69, 9.17) is 4.42 Å². The van der Waals surface area contributed by atoms with E-state index in [9.17, 15) is 4.79 Å². The van der Waals surface area contributed by atoms with Crippen LogP contribution in [0, 0.1) is 13.8 Å². The Balaban J connectivity index is 1.62. The summed E-state index contributed by atoms with van der Waals surface area (Å²) >= 11 is 1.37. The molecule has 0 saturated carbocycles. The molecule has 0 aliphatic heterocycles. The standard InChI is InChI=1S/C20H22N2O2S/c1-13(9-11-16-7-5-4-6-8-16)21-19(23)18-15(3)22-20(25-18)17-12-10-14(2)24-17/h4-8,10,12-13H,9,11H2,1-3H3,(H,21,23). The molecule has 0 radical (unpaired) electrons. The number of carbonyl (C=O) groups excluding carboxylic acids is 1. The lowest BCUT2D eigenvalue weighted by molar-refractivity contribution is 0.0941. The number of aromatic nitrogens is 1. The molecule has 0 aliphatic rings. The molecule has 0 aliphatic carbocycles. The van der Waals surface area contributed by atoms with Gasteiger partial charge in [0.15, 0.2) is 10.8 Å². The molecule has 1 N–H and O–H groups in total. The molecule has 0 bridgehead atoms. The van der Waals surface area contributed by atoms with Crippen LogP contribution in [-0.2, 0) is 6.42 Å². The first kappa shape index (κ1) is 17.4. The fourth-order valence-corrected chi connectivity index (χ4v) is 3.58.